The molecule has 0 bridgehead atoms. The van der Waals surface area contributed by atoms with Crippen LogP contribution >= 0.6 is 15.9 Å². The van der Waals surface area contributed by atoms with Crippen molar-refractivity contribution in [1.29, 1.82) is 0 Å². The van der Waals surface area contributed by atoms with Crippen molar-refractivity contribution in [2.45, 2.75) is 20.3 Å². The van der Waals surface area contributed by atoms with Gasteiger partial charge in [-0.1, -0.05) is 41.9 Å². The fraction of sp³-hybridized carbons (Fsp3) is 0.455. The number of hydrogen-bond donors (Lipinski definition) is 1. The molecule has 0 spiro atoms. The van der Waals surface area contributed by atoms with Crippen LogP contribution in [0.5, 0.6) is 0 Å². The first kappa shape index (κ1) is 12.7. The molecule has 1 N–H and O–H groups in total. The second-order valence-electron chi connectivity index (χ2n) is 2.48. The third-order valence-electron chi connectivity index (χ3n) is 1.58. The minimum Gasteiger partial charge on any atom is -0.319 e. The highest BCUT2D eigenvalue weighted by Crippen LogP contribution is 2.10. The minimum absolute atomic E-state index is 1.04. The van der Waals surface area contributed by atoms with Crippen molar-refractivity contribution in [3.8, 4) is 0 Å². The average Bonchev–Trinajstić information content (AvgIpc) is 2.20. The molecule has 0 aromatic heterocycles. The van der Waals surface area contributed by atoms with Gasteiger partial charge in [0.25, 0.3) is 0 Å². The topological polar surface area (TPSA) is 12.0 Å². The van der Waals surface area contributed by atoms with Gasteiger partial charge in [0.2, 0.25) is 0 Å². The van der Waals surface area contributed by atoms with Crippen molar-refractivity contribution in [3.63, 3.8) is 0 Å². The van der Waals surface area contributed by atoms with E-state index < -0.39 is 0 Å². The second kappa shape index (κ2) is 8.27. The molecule has 74 valence electrons. The van der Waals surface area contributed by atoms with Crippen molar-refractivity contribution in [2.24, 2.45) is 0 Å². The summed E-state index contributed by atoms with van der Waals surface area (Å²) < 4.78 is 1.14. The Balaban J connectivity index is 0.000000671. The molecule has 0 aliphatic rings. The molecule has 0 saturated carbocycles. The molecule has 1 nitrogen and oxygen atoms in total. The standard InChI is InChI=1S/C9H12BrN.C2H6/c1-11-7-6-8-2-4-9(10)5-3-8;1-2/h2-5,11H,6-7H2,1H3;1-2H3. The molecule has 0 amide bonds. The zero-order valence-electron chi connectivity index (χ0n) is 8.60. The average molecular weight is 244 g/mol. The Morgan fingerprint density at radius 2 is 1.69 bits per heavy atom. The fourth-order valence-electron chi connectivity index (χ4n) is 0.920. The smallest absolute Gasteiger partial charge is 0.0175 e. The maximum atomic E-state index is 3.40. The second-order valence-corrected chi connectivity index (χ2v) is 3.40. The number of likely N-dealkylation sites (N-methyl/N-ethyl adjacent to an activating group) is 1. The molecule has 0 aliphatic carbocycles. The summed E-state index contributed by atoms with van der Waals surface area (Å²) in [6, 6.07) is 8.43. The predicted octanol–water partition coefficient (Wildman–Crippen LogP) is 3.24. The van der Waals surface area contributed by atoms with Gasteiger partial charge in [0, 0.05) is 4.47 Å². The Morgan fingerprint density at radius 1 is 1.15 bits per heavy atom. The van der Waals surface area contributed by atoms with E-state index in [1.54, 1.807) is 0 Å². The monoisotopic (exact) mass is 243 g/mol. The normalized spacial score (nSPS) is 8.92. The fourth-order valence-corrected chi connectivity index (χ4v) is 1.18. The van der Waals surface area contributed by atoms with Gasteiger partial charge in [-0.25, -0.2) is 0 Å². The summed E-state index contributed by atoms with van der Waals surface area (Å²) in [6.07, 6.45) is 1.10. The van der Waals surface area contributed by atoms with Gasteiger partial charge in [0.05, 0.1) is 0 Å². The van der Waals surface area contributed by atoms with Crippen LogP contribution in [-0.2, 0) is 6.42 Å². The summed E-state index contributed by atoms with van der Waals surface area (Å²) in [5, 5.41) is 3.12. The third-order valence-corrected chi connectivity index (χ3v) is 2.11. The highest BCUT2D eigenvalue weighted by Gasteiger charge is 1.90. The van der Waals surface area contributed by atoms with Crippen molar-refractivity contribution in [1.82, 2.24) is 5.32 Å². The third kappa shape index (κ3) is 5.83. The Labute approximate surface area is 89.7 Å². The summed E-state index contributed by atoms with van der Waals surface area (Å²) in [5.74, 6) is 0. The molecule has 0 fully saturated rings. The maximum Gasteiger partial charge on any atom is 0.0175 e. The van der Waals surface area contributed by atoms with E-state index in [4.69, 9.17) is 0 Å². The molecule has 0 aliphatic heterocycles. The van der Waals surface area contributed by atoms with Gasteiger partial charge in [-0.2, -0.15) is 0 Å². The zero-order valence-corrected chi connectivity index (χ0v) is 10.2. The molecule has 0 heterocycles. The van der Waals surface area contributed by atoms with Crippen LogP contribution in [0.25, 0.3) is 0 Å². The number of benzene rings is 1. The van der Waals surface area contributed by atoms with E-state index >= 15 is 0 Å². The SMILES string of the molecule is CC.CNCCc1ccc(Br)cc1. The van der Waals surface area contributed by atoms with Crippen LogP contribution in [0.3, 0.4) is 0 Å². The van der Waals surface area contributed by atoms with E-state index in [9.17, 15) is 0 Å². The highest BCUT2D eigenvalue weighted by atomic mass is 79.9. The highest BCUT2D eigenvalue weighted by molar-refractivity contribution is 9.10. The Kier molecular flexibility index (Phi) is 8.05. The van der Waals surface area contributed by atoms with Crippen LogP contribution < -0.4 is 5.32 Å². The zero-order chi connectivity index (χ0) is 10.1. The molecule has 2 heteroatoms. The molecule has 0 saturated heterocycles. The lowest BCUT2D eigenvalue weighted by Crippen LogP contribution is -2.09. The lowest BCUT2D eigenvalue weighted by atomic mass is 10.1. The largest absolute Gasteiger partial charge is 0.319 e. The van der Waals surface area contributed by atoms with E-state index in [0.717, 1.165) is 17.4 Å². The lowest BCUT2D eigenvalue weighted by molar-refractivity contribution is 0.792. The number of hydrogen-bond acceptors (Lipinski definition) is 1. The van der Waals surface area contributed by atoms with E-state index in [1.165, 1.54) is 5.56 Å². The Hall–Kier alpha value is -0.340. The van der Waals surface area contributed by atoms with Crippen molar-refractivity contribution >= 4 is 15.9 Å². The molecule has 1 aromatic carbocycles. The van der Waals surface area contributed by atoms with E-state index in [1.807, 2.05) is 20.9 Å². The molecule has 0 radical (unpaired) electrons. The first-order chi connectivity index (χ1) is 6.33. The summed E-state index contributed by atoms with van der Waals surface area (Å²) in [6.45, 7) is 5.04. The number of halogens is 1. The van der Waals surface area contributed by atoms with Crippen molar-refractivity contribution < 1.29 is 0 Å². The summed E-state index contributed by atoms with van der Waals surface area (Å²) in [5.41, 5.74) is 1.38. The maximum absolute atomic E-state index is 3.40. The van der Waals surface area contributed by atoms with E-state index in [-0.39, 0.29) is 0 Å². The van der Waals surface area contributed by atoms with Crippen LogP contribution in [0.15, 0.2) is 28.7 Å². The van der Waals surface area contributed by atoms with Crippen LogP contribution in [0.2, 0.25) is 0 Å². The molecule has 0 atom stereocenters. The lowest BCUT2D eigenvalue weighted by Gasteiger charge is -1.99. The van der Waals surface area contributed by atoms with Gasteiger partial charge in [-0.05, 0) is 37.7 Å². The van der Waals surface area contributed by atoms with Crippen LogP contribution in [0.4, 0.5) is 0 Å². The van der Waals surface area contributed by atoms with Crippen LogP contribution in [0.1, 0.15) is 19.4 Å². The van der Waals surface area contributed by atoms with Crippen molar-refractivity contribution in [3.05, 3.63) is 34.3 Å². The summed E-state index contributed by atoms with van der Waals surface area (Å²) in [7, 11) is 1.97. The molecule has 1 rings (SSSR count). The quantitative estimate of drug-likeness (QED) is 0.860. The van der Waals surface area contributed by atoms with Crippen LogP contribution in [-0.4, -0.2) is 13.6 Å². The minimum atomic E-state index is 1.04. The summed E-state index contributed by atoms with van der Waals surface area (Å²) >= 11 is 3.40. The Bertz CT molecular complexity index is 206. The van der Waals surface area contributed by atoms with E-state index in [2.05, 4.69) is 45.5 Å². The first-order valence-corrected chi connectivity index (χ1v) is 5.51. The van der Waals surface area contributed by atoms with Gasteiger partial charge in [0.15, 0.2) is 0 Å². The summed E-state index contributed by atoms with van der Waals surface area (Å²) in [4.78, 5) is 0. The van der Waals surface area contributed by atoms with Crippen LogP contribution in [0, 0.1) is 0 Å². The van der Waals surface area contributed by atoms with Gasteiger partial charge in [-0.15, -0.1) is 0 Å². The number of rotatable bonds is 3. The van der Waals surface area contributed by atoms with E-state index in [0.29, 0.717) is 0 Å². The molecular weight excluding hydrogens is 226 g/mol. The predicted molar refractivity (Wildman–Crippen MR) is 63.1 cm³/mol. The molecule has 1 aromatic rings. The van der Waals surface area contributed by atoms with Crippen molar-refractivity contribution in [2.75, 3.05) is 13.6 Å². The molecule has 13 heavy (non-hydrogen) atoms. The van der Waals surface area contributed by atoms with Gasteiger partial charge >= 0.3 is 0 Å². The van der Waals surface area contributed by atoms with Gasteiger partial charge < -0.3 is 5.32 Å². The number of nitrogens with one attached hydrogen (secondary N) is 1. The first-order valence-electron chi connectivity index (χ1n) is 4.72. The molecule has 0 unspecified atom stereocenters. The molecular formula is C11H18BrN. The van der Waals surface area contributed by atoms with Gasteiger partial charge in [0.1, 0.15) is 0 Å². The Morgan fingerprint density at radius 3 is 2.15 bits per heavy atom. The van der Waals surface area contributed by atoms with Gasteiger partial charge in [-0.3, -0.25) is 0 Å².